The number of aromatic nitrogens is 2. The van der Waals surface area contributed by atoms with Crippen LogP contribution in [0.2, 0.25) is 0 Å². The largest absolute Gasteiger partial charge is 0.821 e. The molecule has 0 saturated heterocycles. The highest BCUT2D eigenvalue weighted by Gasteiger charge is 2.41. The van der Waals surface area contributed by atoms with Gasteiger partial charge in [0.2, 0.25) is 5.69 Å². The molecule has 0 fully saturated rings. The molecule has 106 valence electrons. The van der Waals surface area contributed by atoms with E-state index >= 15 is 0 Å². The van der Waals surface area contributed by atoms with E-state index in [-0.39, 0.29) is 17.4 Å². The van der Waals surface area contributed by atoms with Gasteiger partial charge in [0.15, 0.2) is 5.88 Å². The lowest BCUT2D eigenvalue weighted by Crippen LogP contribution is -2.47. The Balaban J connectivity index is 1.97. The standard InChI is InChI=1S/C17H16N2O2/c1-11-13-9-5-6-10-14(13)19-17(21)15(16(20)18(11)19)12-7-3-2-4-8-12/h2-4,7-8H,5-6,9-10H2,1H3. The topological polar surface area (TPSA) is 48.9 Å². The van der Waals surface area contributed by atoms with E-state index in [1.807, 2.05) is 37.3 Å². The minimum Gasteiger partial charge on any atom is -0.821 e. The van der Waals surface area contributed by atoms with Gasteiger partial charge in [-0.25, -0.2) is 0 Å². The monoisotopic (exact) mass is 280 g/mol. The van der Waals surface area contributed by atoms with Gasteiger partial charge in [0.25, 0.3) is 0 Å². The SMILES string of the molecule is Cc1c2c([n+]3n1C(=O)C(c1ccccc1)=C3[O-])CCCC2. The molecule has 0 radical (unpaired) electrons. The highest BCUT2D eigenvalue weighted by molar-refractivity contribution is 6.25. The zero-order valence-corrected chi connectivity index (χ0v) is 11.9. The predicted octanol–water partition coefficient (Wildman–Crippen LogP) is 1.30. The van der Waals surface area contributed by atoms with Crippen LogP contribution in [0, 0.1) is 6.92 Å². The van der Waals surface area contributed by atoms with E-state index in [0.29, 0.717) is 5.56 Å². The van der Waals surface area contributed by atoms with E-state index in [0.717, 1.165) is 37.1 Å². The van der Waals surface area contributed by atoms with Gasteiger partial charge in [-0.2, -0.15) is 0 Å². The third-order valence-electron chi connectivity index (χ3n) is 4.52. The van der Waals surface area contributed by atoms with Crippen molar-refractivity contribution < 1.29 is 14.6 Å². The Hall–Kier alpha value is -2.36. The average Bonchev–Trinajstić information content (AvgIpc) is 2.95. The van der Waals surface area contributed by atoms with Crippen LogP contribution in [0.5, 0.6) is 0 Å². The van der Waals surface area contributed by atoms with Crippen molar-refractivity contribution in [3.8, 4) is 0 Å². The number of hydrogen-bond acceptors (Lipinski definition) is 2. The van der Waals surface area contributed by atoms with Gasteiger partial charge < -0.3 is 5.11 Å². The summed E-state index contributed by atoms with van der Waals surface area (Å²) in [5, 5.41) is 12.8. The third-order valence-corrected chi connectivity index (χ3v) is 4.52. The summed E-state index contributed by atoms with van der Waals surface area (Å²) in [5.74, 6) is -0.379. The minimum absolute atomic E-state index is 0.183. The van der Waals surface area contributed by atoms with E-state index in [1.54, 1.807) is 9.36 Å². The Morgan fingerprint density at radius 3 is 2.62 bits per heavy atom. The molecular weight excluding hydrogens is 264 g/mol. The Morgan fingerprint density at radius 1 is 1.14 bits per heavy atom. The molecule has 1 aliphatic heterocycles. The van der Waals surface area contributed by atoms with Gasteiger partial charge in [-0.05, 0) is 31.7 Å². The van der Waals surface area contributed by atoms with Crippen LogP contribution in [0.3, 0.4) is 0 Å². The number of fused-ring (bicyclic) bond motifs is 3. The smallest absolute Gasteiger partial charge is 0.320 e. The van der Waals surface area contributed by atoms with Crippen LogP contribution in [0.25, 0.3) is 11.5 Å². The maximum Gasteiger partial charge on any atom is 0.320 e. The number of hydrogen-bond donors (Lipinski definition) is 0. The summed E-state index contributed by atoms with van der Waals surface area (Å²) >= 11 is 0. The van der Waals surface area contributed by atoms with Crippen LogP contribution in [0.4, 0.5) is 0 Å². The van der Waals surface area contributed by atoms with Crippen molar-refractivity contribution >= 4 is 17.4 Å². The van der Waals surface area contributed by atoms with Crippen molar-refractivity contribution in [3.63, 3.8) is 0 Å². The molecule has 21 heavy (non-hydrogen) atoms. The second kappa shape index (κ2) is 4.32. The van der Waals surface area contributed by atoms with Gasteiger partial charge in [0, 0.05) is 12.0 Å². The molecule has 0 saturated carbocycles. The zero-order valence-electron chi connectivity index (χ0n) is 11.9. The Kier molecular flexibility index (Phi) is 2.55. The fraction of sp³-hybridized carbons (Fsp3) is 0.294. The number of nitrogens with zero attached hydrogens (tertiary/aromatic N) is 2. The molecule has 2 heterocycles. The second-order valence-electron chi connectivity index (χ2n) is 5.69. The molecule has 1 aliphatic carbocycles. The normalized spacial score (nSPS) is 17.1. The summed E-state index contributed by atoms with van der Waals surface area (Å²) in [7, 11) is 0. The van der Waals surface area contributed by atoms with Crippen LogP contribution in [-0.4, -0.2) is 10.6 Å². The maximum absolute atomic E-state index is 12.8. The van der Waals surface area contributed by atoms with Crippen molar-refractivity contribution in [2.24, 2.45) is 0 Å². The lowest BCUT2D eigenvalue weighted by atomic mass is 9.95. The summed E-state index contributed by atoms with van der Waals surface area (Å²) in [6.45, 7) is 1.94. The quantitative estimate of drug-likeness (QED) is 0.739. The first-order chi connectivity index (χ1) is 10.2. The van der Waals surface area contributed by atoms with Crippen molar-refractivity contribution in [2.75, 3.05) is 0 Å². The molecule has 1 aromatic carbocycles. The number of carbonyl (C=O) groups excluding carboxylic acids is 1. The van der Waals surface area contributed by atoms with E-state index < -0.39 is 0 Å². The minimum atomic E-state index is -0.196. The molecule has 2 aromatic rings. The average molecular weight is 280 g/mol. The van der Waals surface area contributed by atoms with Gasteiger partial charge in [0.05, 0.1) is 5.69 Å². The molecule has 4 nitrogen and oxygen atoms in total. The number of rotatable bonds is 1. The predicted molar refractivity (Wildman–Crippen MR) is 76.2 cm³/mol. The van der Waals surface area contributed by atoms with E-state index in [9.17, 15) is 9.90 Å². The first-order valence-electron chi connectivity index (χ1n) is 7.37. The first kappa shape index (κ1) is 12.4. The molecule has 0 N–H and O–H groups in total. The number of benzene rings is 1. The highest BCUT2D eigenvalue weighted by Crippen LogP contribution is 2.29. The summed E-state index contributed by atoms with van der Waals surface area (Å²) < 4.78 is 3.18. The van der Waals surface area contributed by atoms with Crippen LogP contribution in [0.15, 0.2) is 30.3 Å². The maximum atomic E-state index is 12.8. The van der Waals surface area contributed by atoms with Gasteiger partial charge in [0.1, 0.15) is 5.57 Å². The molecule has 1 aromatic heterocycles. The van der Waals surface area contributed by atoms with Crippen molar-refractivity contribution in [1.29, 1.82) is 0 Å². The van der Waals surface area contributed by atoms with E-state index in [2.05, 4.69) is 0 Å². The molecule has 0 atom stereocenters. The molecule has 0 spiro atoms. The number of allylic oxidation sites excluding steroid dienone is 1. The zero-order chi connectivity index (χ0) is 14.6. The van der Waals surface area contributed by atoms with Crippen LogP contribution < -0.4 is 9.79 Å². The van der Waals surface area contributed by atoms with Crippen molar-refractivity contribution in [3.05, 3.63) is 52.8 Å². The molecule has 0 amide bonds. The van der Waals surface area contributed by atoms with Gasteiger partial charge in [-0.3, -0.25) is 4.79 Å². The van der Waals surface area contributed by atoms with E-state index in [1.165, 1.54) is 5.56 Å². The molecule has 4 heteroatoms. The van der Waals surface area contributed by atoms with Crippen molar-refractivity contribution in [1.82, 2.24) is 4.68 Å². The Morgan fingerprint density at radius 2 is 1.86 bits per heavy atom. The third kappa shape index (κ3) is 1.56. The summed E-state index contributed by atoms with van der Waals surface area (Å²) in [5.41, 5.74) is 4.13. The second-order valence-corrected chi connectivity index (χ2v) is 5.69. The molecular formula is C17H16N2O2. The lowest BCUT2D eigenvalue weighted by molar-refractivity contribution is -0.716. The fourth-order valence-electron chi connectivity index (χ4n) is 3.52. The van der Waals surface area contributed by atoms with Crippen LogP contribution >= 0.6 is 0 Å². The van der Waals surface area contributed by atoms with Gasteiger partial charge >= 0.3 is 5.91 Å². The highest BCUT2D eigenvalue weighted by atomic mass is 16.3. The molecule has 0 bridgehead atoms. The molecule has 2 aliphatic rings. The van der Waals surface area contributed by atoms with E-state index in [4.69, 9.17) is 0 Å². The Labute approximate surface area is 122 Å². The Bertz CT molecular complexity index is 785. The van der Waals surface area contributed by atoms with Crippen LogP contribution in [-0.2, 0) is 12.8 Å². The van der Waals surface area contributed by atoms with Gasteiger partial charge in [-0.1, -0.05) is 39.7 Å². The number of carbonyl (C=O) groups is 1. The first-order valence-corrected chi connectivity index (χ1v) is 7.37. The molecule has 4 rings (SSSR count). The lowest BCUT2D eigenvalue weighted by Gasteiger charge is -2.09. The summed E-state index contributed by atoms with van der Waals surface area (Å²) in [4.78, 5) is 12.7. The summed E-state index contributed by atoms with van der Waals surface area (Å²) in [6.07, 6.45) is 4.06. The van der Waals surface area contributed by atoms with Crippen LogP contribution in [0.1, 0.15) is 40.2 Å². The fourth-order valence-corrected chi connectivity index (χ4v) is 3.52. The van der Waals surface area contributed by atoms with Gasteiger partial charge in [-0.15, -0.1) is 0 Å². The van der Waals surface area contributed by atoms with Crippen molar-refractivity contribution in [2.45, 2.75) is 32.6 Å². The summed E-state index contributed by atoms with van der Waals surface area (Å²) in [6, 6.07) is 9.22. The molecule has 0 unspecified atom stereocenters.